The topological polar surface area (TPSA) is 84.7 Å². The Hall–Kier alpha value is -3.14. The number of rotatable bonds is 8. The number of hydrogen-bond donors (Lipinski definition) is 2. The summed E-state index contributed by atoms with van der Waals surface area (Å²) in [6, 6.07) is 15.1. The molecule has 3 aromatic rings. The van der Waals surface area contributed by atoms with Crippen molar-refractivity contribution in [3.63, 3.8) is 0 Å². The van der Waals surface area contributed by atoms with Crippen molar-refractivity contribution in [3.05, 3.63) is 82.9 Å². The third-order valence-corrected chi connectivity index (χ3v) is 10.1. The summed E-state index contributed by atoms with van der Waals surface area (Å²) in [5.41, 5.74) is 8.40. The molecular weight excluding hydrogens is 568 g/mol. The van der Waals surface area contributed by atoms with Gasteiger partial charge >= 0.3 is 0 Å². The molecule has 0 spiro atoms. The summed E-state index contributed by atoms with van der Waals surface area (Å²) in [6.45, 7) is 0.242. The maximum Gasteiger partial charge on any atom is 0.248 e. The summed E-state index contributed by atoms with van der Waals surface area (Å²) in [4.78, 5) is 27.7. The van der Waals surface area contributed by atoms with Crippen LogP contribution in [0.2, 0.25) is 0 Å². The monoisotopic (exact) mass is 599 g/mol. The molecule has 6 nitrogen and oxygen atoms in total. The number of nitrogens with one attached hydrogen (secondary N) is 1. The van der Waals surface area contributed by atoms with Crippen molar-refractivity contribution in [2.75, 3.05) is 14.2 Å². The number of carbonyl (C=O) groups excluding carboxylic acids is 2. The van der Waals surface area contributed by atoms with Crippen molar-refractivity contribution >= 4 is 35.2 Å². The molecule has 2 unspecified atom stereocenters. The molecule has 2 atom stereocenters. The molecule has 0 bridgehead atoms. The van der Waals surface area contributed by atoms with Crippen LogP contribution >= 0.6 is 23.4 Å². The molecule has 1 fully saturated rings. The van der Waals surface area contributed by atoms with Gasteiger partial charge in [0.1, 0.15) is 22.6 Å². The fourth-order valence-electron chi connectivity index (χ4n) is 5.76. The summed E-state index contributed by atoms with van der Waals surface area (Å²) in [5, 5.41) is 1.46. The quantitative estimate of drug-likeness (QED) is 0.308. The number of hydrogen-bond acceptors (Lipinski definition) is 5. The van der Waals surface area contributed by atoms with Gasteiger partial charge < -0.3 is 20.7 Å². The van der Waals surface area contributed by atoms with Gasteiger partial charge in [0.15, 0.2) is 0 Å². The molecule has 1 aliphatic carbocycles. The zero-order chi connectivity index (χ0) is 29.3. The molecule has 0 saturated heterocycles. The second-order valence-corrected chi connectivity index (χ2v) is 12.1. The molecular formula is C31H32ClF2N3O3S. The van der Waals surface area contributed by atoms with Gasteiger partial charge in [0.05, 0.1) is 17.4 Å². The molecule has 3 N–H and O–H groups in total. The Labute approximate surface area is 247 Å². The predicted octanol–water partition coefficient (Wildman–Crippen LogP) is 6.05. The number of benzene rings is 3. The van der Waals surface area contributed by atoms with E-state index in [1.807, 2.05) is 42.3 Å². The molecule has 0 aromatic heterocycles. The Morgan fingerprint density at radius 3 is 2.29 bits per heavy atom. The second kappa shape index (κ2) is 12.4. The standard InChI is InChI=1S/C31H32ClF2N3O3S/c1-36-21-8-10-22(11-9-21)37(31(39)29-27(32)26-23(33)12-13-24(34)28(26)41-29)16-20-15-19(7-14-25(20)40-2)17-3-5-18(6-4-17)30(35)38/h3-7,12-15,21-22,27,29,36H,8-11,16H2,1-2H3,(H2,35,38). The van der Waals surface area contributed by atoms with Crippen LogP contribution in [0, 0.1) is 11.6 Å². The Morgan fingerprint density at radius 1 is 1.02 bits per heavy atom. The van der Waals surface area contributed by atoms with Gasteiger partial charge in [0, 0.05) is 35.3 Å². The number of nitrogens with two attached hydrogens (primary N) is 1. The Bertz CT molecular complexity index is 1450. The molecule has 10 heteroatoms. The fraction of sp³-hybridized carbons (Fsp3) is 0.355. The van der Waals surface area contributed by atoms with E-state index in [2.05, 4.69) is 5.32 Å². The van der Waals surface area contributed by atoms with Gasteiger partial charge in [0.25, 0.3) is 0 Å². The number of thioether (sulfide) groups is 1. The zero-order valence-corrected chi connectivity index (χ0v) is 24.4. The van der Waals surface area contributed by atoms with Gasteiger partial charge in [0.2, 0.25) is 11.8 Å². The molecule has 0 radical (unpaired) electrons. The zero-order valence-electron chi connectivity index (χ0n) is 22.8. The number of nitrogens with zero attached hydrogens (tertiary/aromatic N) is 1. The highest BCUT2D eigenvalue weighted by Crippen LogP contribution is 2.51. The van der Waals surface area contributed by atoms with Gasteiger partial charge in [-0.1, -0.05) is 18.2 Å². The van der Waals surface area contributed by atoms with Crippen molar-refractivity contribution in [2.45, 2.75) is 59.8 Å². The molecule has 3 aromatic carbocycles. The first-order chi connectivity index (χ1) is 19.7. The van der Waals surface area contributed by atoms with Crippen molar-refractivity contribution < 1.29 is 23.1 Å². The SMILES string of the molecule is CNC1CCC(N(Cc2cc(-c3ccc(C(N)=O)cc3)ccc2OC)C(=O)C2Sc3c(F)ccc(F)c3C2Cl)CC1. The number of primary amides is 1. The normalized spacial score (nSPS) is 21.8. The maximum atomic E-state index is 14.7. The Balaban J connectivity index is 1.48. The van der Waals surface area contributed by atoms with Crippen molar-refractivity contribution in [3.8, 4) is 16.9 Å². The average molecular weight is 600 g/mol. The minimum atomic E-state index is -0.994. The van der Waals surface area contributed by atoms with Gasteiger partial charge in [-0.05, 0) is 80.3 Å². The molecule has 1 saturated carbocycles. The highest BCUT2D eigenvalue weighted by atomic mass is 35.5. The summed E-state index contributed by atoms with van der Waals surface area (Å²) in [5.74, 6) is -1.33. The average Bonchev–Trinajstić information content (AvgIpc) is 3.35. The van der Waals surface area contributed by atoms with Crippen LogP contribution in [0.1, 0.15) is 52.5 Å². The van der Waals surface area contributed by atoms with Gasteiger partial charge in [-0.25, -0.2) is 8.78 Å². The van der Waals surface area contributed by atoms with Crippen molar-refractivity contribution in [2.24, 2.45) is 5.73 Å². The lowest BCUT2D eigenvalue weighted by Gasteiger charge is -2.38. The second-order valence-electron chi connectivity index (χ2n) is 10.4. The van der Waals surface area contributed by atoms with Crippen LogP contribution in [0.25, 0.3) is 11.1 Å². The largest absolute Gasteiger partial charge is 0.496 e. The van der Waals surface area contributed by atoms with E-state index in [-0.39, 0.29) is 29.0 Å². The lowest BCUT2D eigenvalue weighted by molar-refractivity contribution is -0.134. The van der Waals surface area contributed by atoms with Crippen molar-refractivity contribution in [1.29, 1.82) is 0 Å². The molecule has 2 aliphatic rings. The van der Waals surface area contributed by atoms with Crippen LogP contribution in [0.5, 0.6) is 5.75 Å². The first-order valence-electron chi connectivity index (χ1n) is 13.5. The smallest absolute Gasteiger partial charge is 0.248 e. The summed E-state index contributed by atoms with van der Waals surface area (Å²) in [6.07, 6.45) is 3.38. The van der Waals surface area contributed by atoms with Gasteiger partial charge in [-0.3, -0.25) is 9.59 Å². The third kappa shape index (κ3) is 5.94. The highest BCUT2D eigenvalue weighted by Gasteiger charge is 2.44. The van der Waals surface area contributed by atoms with E-state index in [0.717, 1.165) is 66.3 Å². The van der Waals surface area contributed by atoms with Crippen LogP contribution in [-0.2, 0) is 11.3 Å². The lowest BCUT2D eigenvalue weighted by atomic mass is 9.89. The highest BCUT2D eigenvalue weighted by molar-refractivity contribution is 8.01. The lowest BCUT2D eigenvalue weighted by Crippen LogP contribution is -2.47. The van der Waals surface area contributed by atoms with Crippen molar-refractivity contribution in [1.82, 2.24) is 10.2 Å². The van der Waals surface area contributed by atoms with Gasteiger partial charge in [-0.2, -0.15) is 0 Å². The summed E-state index contributed by atoms with van der Waals surface area (Å²) >= 11 is 7.66. The number of halogens is 3. The predicted molar refractivity (Wildman–Crippen MR) is 157 cm³/mol. The van der Waals surface area contributed by atoms with E-state index >= 15 is 0 Å². The number of carbonyl (C=O) groups is 2. The minimum absolute atomic E-state index is 0.0489. The number of fused-ring (bicyclic) bond motifs is 1. The van der Waals surface area contributed by atoms with E-state index in [9.17, 15) is 18.4 Å². The van der Waals surface area contributed by atoms with Crippen LogP contribution < -0.4 is 15.8 Å². The first kappa shape index (κ1) is 29.4. The number of alkyl halides is 1. The molecule has 2 amide bonds. The van der Waals surface area contributed by atoms with E-state index < -0.39 is 28.2 Å². The van der Waals surface area contributed by atoms with Crippen LogP contribution in [-0.4, -0.2) is 48.2 Å². The summed E-state index contributed by atoms with van der Waals surface area (Å²) < 4.78 is 35.0. The third-order valence-electron chi connectivity index (χ3n) is 8.08. The Morgan fingerprint density at radius 2 is 1.68 bits per heavy atom. The molecule has 216 valence electrons. The van der Waals surface area contributed by atoms with E-state index in [1.165, 1.54) is 0 Å². The molecule has 1 aliphatic heterocycles. The van der Waals surface area contributed by atoms with Crippen LogP contribution in [0.15, 0.2) is 59.5 Å². The number of amides is 2. The van der Waals surface area contributed by atoms with Crippen LogP contribution in [0.4, 0.5) is 8.78 Å². The molecule has 5 rings (SSSR count). The minimum Gasteiger partial charge on any atom is -0.496 e. The van der Waals surface area contributed by atoms with Crippen LogP contribution in [0.3, 0.4) is 0 Å². The van der Waals surface area contributed by atoms with Gasteiger partial charge in [-0.15, -0.1) is 23.4 Å². The van der Waals surface area contributed by atoms with E-state index in [0.29, 0.717) is 17.4 Å². The maximum absolute atomic E-state index is 14.7. The Kier molecular flexibility index (Phi) is 8.87. The number of ether oxygens (including phenoxy) is 1. The van der Waals surface area contributed by atoms with E-state index in [4.69, 9.17) is 22.1 Å². The molecule has 1 heterocycles. The number of methoxy groups -OCH3 is 1. The molecule has 41 heavy (non-hydrogen) atoms. The summed E-state index contributed by atoms with van der Waals surface area (Å²) in [7, 11) is 3.52. The van der Waals surface area contributed by atoms with E-state index in [1.54, 1.807) is 19.2 Å². The fourth-order valence-corrected chi connectivity index (χ4v) is 7.58. The first-order valence-corrected chi connectivity index (χ1v) is 14.9.